The Morgan fingerprint density at radius 2 is 1.58 bits per heavy atom. The van der Waals surface area contributed by atoms with Crippen molar-refractivity contribution in [2.45, 2.75) is 63.8 Å². The molecule has 0 amide bonds. The molecule has 1 aliphatic rings. The molecule has 104 valence electrons. The van der Waals surface area contributed by atoms with Crippen molar-refractivity contribution in [2.24, 2.45) is 5.73 Å². The highest BCUT2D eigenvalue weighted by Gasteiger charge is 2.35. The van der Waals surface area contributed by atoms with Gasteiger partial charge >= 0.3 is 0 Å². The fraction of sp³-hybridized carbons (Fsp3) is 0.588. The molecule has 0 aliphatic heterocycles. The van der Waals surface area contributed by atoms with E-state index in [0.29, 0.717) is 0 Å². The molecule has 1 aliphatic carbocycles. The highest BCUT2D eigenvalue weighted by atomic mass is 16.1. The summed E-state index contributed by atoms with van der Waals surface area (Å²) in [6.45, 7) is 6.53. The van der Waals surface area contributed by atoms with Crippen LogP contribution in [0.15, 0.2) is 24.3 Å². The quantitative estimate of drug-likeness (QED) is 0.820. The minimum absolute atomic E-state index is 0.118. The van der Waals surface area contributed by atoms with Gasteiger partial charge in [0.2, 0.25) is 0 Å². The topological polar surface area (TPSA) is 43.1 Å². The van der Waals surface area contributed by atoms with Gasteiger partial charge in [0.25, 0.3) is 0 Å². The Kier molecular flexibility index (Phi) is 3.82. The van der Waals surface area contributed by atoms with Crippen LogP contribution in [0.4, 0.5) is 0 Å². The second kappa shape index (κ2) is 5.09. The summed E-state index contributed by atoms with van der Waals surface area (Å²) in [6, 6.07) is 7.98. The number of Topliss-reactive ketones (excluding diaryl/α,β-unsaturated/α-hetero) is 1. The van der Waals surface area contributed by atoms with Gasteiger partial charge in [-0.3, -0.25) is 4.79 Å². The van der Waals surface area contributed by atoms with Gasteiger partial charge < -0.3 is 5.73 Å². The Hall–Kier alpha value is -1.15. The zero-order chi connectivity index (χ0) is 14.1. The molecule has 19 heavy (non-hydrogen) atoms. The number of rotatable bonds is 2. The van der Waals surface area contributed by atoms with Crippen LogP contribution < -0.4 is 5.73 Å². The number of hydrogen-bond donors (Lipinski definition) is 1. The standard InChI is InChI=1S/C17H25NO/c1-16(2,3)14-9-7-13(8-10-14)15(19)17(18)11-5-4-6-12-17/h7-10H,4-6,11-12,18H2,1-3H3. The van der Waals surface area contributed by atoms with Gasteiger partial charge in [-0.15, -0.1) is 0 Å². The van der Waals surface area contributed by atoms with Crippen molar-refractivity contribution in [3.63, 3.8) is 0 Å². The van der Waals surface area contributed by atoms with Gasteiger partial charge in [-0.25, -0.2) is 0 Å². The van der Waals surface area contributed by atoms with E-state index in [9.17, 15) is 4.79 Å². The summed E-state index contributed by atoms with van der Waals surface area (Å²) in [5.41, 5.74) is 7.81. The Bertz CT molecular complexity index is 447. The smallest absolute Gasteiger partial charge is 0.182 e. The van der Waals surface area contributed by atoms with Crippen molar-refractivity contribution in [1.29, 1.82) is 0 Å². The number of carbonyl (C=O) groups excluding carboxylic acids is 1. The van der Waals surface area contributed by atoms with Gasteiger partial charge in [-0.1, -0.05) is 64.3 Å². The summed E-state index contributed by atoms with van der Waals surface area (Å²) < 4.78 is 0. The van der Waals surface area contributed by atoms with Crippen molar-refractivity contribution >= 4 is 5.78 Å². The van der Waals surface area contributed by atoms with E-state index in [1.807, 2.05) is 12.1 Å². The second-order valence-corrected chi connectivity index (χ2v) is 6.87. The molecule has 0 atom stereocenters. The normalized spacial score (nSPS) is 19.2. The third-order valence-electron chi connectivity index (χ3n) is 4.21. The molecule has 0 spiro atoms. The van der Waals surface area contributed by atoms with Crippen molar-refractivity contribution in [2.75, 3.05) is 0 Å². The Balaban J connectivity index is 2.20. The van der Waals surface area contributed by atoms with Gasteiger partial charge in [-0.05, 0) is 23.8 Å². The molecule has 2 N–H and O–H groups in total. The molecule has 2 nitrogen and oxygen atoms in total. The first-order chi connectivity index (χ1) is 8.83. The highest BCUT2D eigenvalue weighted by Crippen LogP contribution is 2.30. The molecule has 1 aromatic rings. The SMILES string of the molecule is CC(C)(C)c1ccc(C(=O)C2(N)CCCCC2)cc1. The summed E-state index contributed by atoms with van der Waals surface area (Å²) in [5, 5.41) is 0. The predicted molar refractivity (Wildman–Crippen MR) is 79.5 cm³/mol. The second-order valence-electron chi connectivity index (χ2n) is 6.87. The van der Waals surface area contributed by atoms with Crippen LogP contribution in [0.5, 0.6) is 0 Å². The summed E-state index contributed by atoms with van der Waals surface area (Å²) in [5.74, 6) is 0.118. The van der Waals surface area contributed by atoms with Crippen molar-refractivity contribution < 1.29 is 4.79 Å². The van der Waals surface area contributed by atoms with Gasteiger partial charge in [-0.2, -0.15) is 0 Å². The molecule has 0 heterocycles. The number of hydrogen-bond acceptors (Lipinski definition) is 2. The summed E-state index contributed by atoms with van der Waals surface area (Å²) in [6.07, 6.45) is 5.00. The Morgan fingerprint density at radius 1 is 1.05 bits per heavy atom. The third kappa shape index (κ3) is 3.06. The highest BCUT2D eigenvalue weighted by molar-refractivity contribution is 6.03. The van der Waals surface area contributed by atoms with Crippen molar-refractivity contribution in [3.05, 3.63) is 35.4 Å². The van der Waals surface area contributed by atoms with E-state index in [0.717, 1.165) is 31.2 Å². The number of carbonyl (C=O) groups is 1. The van der Waals surface area contributed by atoms with Crippen LogP contribution in [0.3, 0.4) is 0 Å². The lowest BCUT2D eigenvalue weighted by Crippen LogP contribution is -2.49. The van der Waals surface area contributed by atoms with Crippen LogP contribution >= 0.6 is 0 Å². The van der Waals surface area contributed by atoms with Gasteiger partial charge in [0.1, 0.15) is 0 Å². The van der Waals surface area contributed by atoms with E-state index in [1.165, 1.54) is 12.0 Å². The molecule has 2 rings (SSSR count). The first-order valence-electron chi connectivity index (χ1n) is 7.27. The van der Waals surface area contributed by atoms with E-state index in [2.05, 4.69) is 32.9 Å². The van der Waals surface area contributed by atoms with E-state index in [-0.39, 0.29) is 11.2 Å². The molecule has 1 aromatic carbocycles. The van der Waals surface area contributed by atoms with Crippen LogP contribution in [0.1, 0.15) is 68.8 Å². The Morgan fingerprint density at radius 3 is 2.05 bits per heavy atom. The molecule has 0 bridgehead atoms. The molecule has 0 aromatic heterocycles. The van der Waals surface area contributed by atoms with Crippen LogP contribution in [-0.2, 0) is 5.41 Å². The van der Waals surface area contributed by atoms with E-state index in [1.54, 1.807) is 0 Å². The average Bonchev–Trinajstić information content (AvgIpc) is 2.38. The van der Waals surface area contributed by atoms with E-state index in [4.69, 9.17) is 5.73 Å². The minimum Gasteiger partial charge on any atom is -0.319 e. The van der Waals surface area contributed by atoms with Crippen LogP contribution in [0.2, 0.25) is 0 Å². The molecular formula is C17H25NO. The van der Waals surface area contributed by atoms with Gasteiger partial charge in [0, 0.05) is 5.56 Å². The average molecular weight is 259 g/mol. The van der Waals surface area contributed by atoms with Crippen LogP contribution in [-0.4, -0.2) is 11.3 Å². The maximum atomic E-state index is 12.6. The molecule has 0 radical (unpaired) electrons. The monoisotopic (exact) mass is 259 g/mol. The summed E-state index contributed by atoms with van der Waals surface area (Å²) in [7, 11) is 0. The van der Waals surface area contributed by atoms with Gasteiger partial charge in [0.15, 0.2) is 5.78 Å². The molecule has 1 fully saturated rings. The predicted octanol–water partition coefficient (Wildman–Crippen LogP) is 3.83. The first-order valence-corrected chi connectivity index (χ1v) is 7.27. The van der Waals surface area contributed by atoms with Crippen LogP contribution in [0, 0.1) is 0 Å². The first kappa shape index (κ1) is 14.3. The maximum Gasteiger partial charge on any atom is 0.182 e. The van der Waals surface area contributed by atoms with E-state index < -0.39 is 5.54 Å². The summed E-state index contributed by atoms with van der Waals surface area (Å²) >= 11 is 0. The largest absolute Gasteiger partial charge is 0.319 e. The lowest BCUT2D eigenvalue weighted by atomic mass is 9.77. The fourth-order valence-electron chi connectivity index (χ4n) is 2.82. The zero-order valence-electron chi connectivity index (χ0n) is 12.3. The fourth-order valence-corrected chi connectivity index (χ4v) is 2.82. The van der Waals surface area contributed by atoms with E-state index >= 15 is 0 Å². The molecular weight excluding hydrogens is 234 g/mol. The number of benzene rings is 1. The summed E-state index contributed by atoms with van der Waals surface area (Å²) in [4.78, 5) is 12.6. The molecule has 0 unspecified atom stereocenters. The maximum absolute atomic E-state index is 12.6. The van der Waals surface area contributed by atoms with Crippen molar-refractivity contribution in [3.8, 4) is 0 Å². The molecule has 1 saturated carbocycles. The zero-order valence-corrected chi connectivity index (χ0v) is 12.3. The van der Waals surface area contributed by atoms with Crippen LogP contribution in [0.25, 0.3) is 0 Å². The Labute approximate surface area is 116 Å². The lowest BCUT2D eigenvalue weighted by molar-refractivity contribution is 0.0848. The van der Waals surface area contributed by atoms with Crippen molar-refractivity contribution in [1.82, 2.24) is 0 Å². The number of nitrogens with two attached hydrogens (primary N) is 1. The molecule has 0 saturated heterocycles. The molecule has 2 heteroatoms. The minimum atomic E-state index is -0.624. The third-order valence-corrected chi connectivity index (χ3v) is 4.21. The van der Waals surface area contributed by atoms with Gasteiger partial charge in [0.05, 0.1) is 5.54 Å². The number of ketones is 1. The lowest BCUT2D eigenvalue weighted by Gasteiger charge is -2.32.